The number of benzene rings is 1. The van der Waals surface area contributed by atoms with Crippen LogP contribution in [0.1, 0.15) is 22.8 Å². The van der Waals surface area contributed by atoms with E-state index >= 15 is 0 Å². The molecule has 0 fully saturated rings. The number of esters is 1. The van der Waals surface area contributed by atoms with Gasteiger partial charge in [0.2, 0.25) is 0 Å². The minimum absolute atomic E-state index is 0.119. The number of carbonyl (C=O) groups is 1. The predicted octanol–water partition coefficient (Wildman–Crippen LogP) is 4.01. The third kappa shape index (κ3) is 3.81. The molecule has 0 aliphatic heterocycles. The Morgan fingerprint density at radius 2 is 2.17 bits per heavy atom. The van der Waals surface area contributed by atoms with Gasteiger partial charge in [-0.1, -0.05) is 27.5 Å². The summed E-state index contributed by atoms with van der Waals surface area (Å²) < 4.78 is 33.6. The Hall–Kier alpha value is -0.880. The zero-order valence-electron chi connectivity index (χ0n) is 9.38. The van der Waals surface area contributed by atoms with Crippen LogP contribution in [0.4, 0.5) is 8.78 Å². The highest BCUT2D eigenvalue weighted by molar-refractivity contribution is 9.08. The summed E-state index contributed by atoms with van der Waals surface area (Å²) in [5.41, 5.74) is 0.423. The van der Waals surface area contributed by atoms with Crippen molar-refractivity contribution in [3.8, 4) is 5.75 Å². The van der Waals surface area contributed by atoms with Gasteiger partial charge in [-0.2, -0.15) is 8.78 Å². The molecule has 0 saturated heterocycles. The fourth-order valence-corrected chi connectivity index (χ4v) is 2.12. The van der Waals surface area contributed by atoms with Crippen molar-refractivity contribution in [1.82, 2.24) is 0 Å². The van der Waals surface area contributed by atoms with Gasteiger partial charge in [0.25, 0.3) is 0 Å². The van der Waals surface area contributed by atoms with Crippen LogP contribution in [-0.2, 0) is 10.1 Å². The van der Waals surface area contributed by atoms with Crippen molar-refractivity contribution in [3.63, 3.8) is 0 Å². The first-order valence-electron chi connectivity index (χ1n) is 4.99. The van der Waals surface area contributed by atoms with Crippen LogP contribution in [0.3, 0.4) is 0 Å². The molecular formula is C11H10BrClF2O3. The standard InChI is InChI=1S/C11H10BrClF2O3/c1-2-17-10(16)7-4-8(13)6(5-12)3-9(7)18-11(14)15/h3-4,11H,2,5H2,1H3. The number of hydrogen-bond donors (Lipinski definition) is 0. The van der Waals surface area contributed by atoms with Crippen LogP contribution in [0.15, 0.2) is 12.1 Å². The Morgan fingerprint density at radius 1 is 1.50 bits per heavy atom. The molecule has 7 heteroatoms. The van der Waals surface area contributed by atoms with Crippen molar-refractivity contribution in [3.05, 3.63) is 28.3 Å². The number of ether oxygens (including phenoxy) is 2. The summed E-state index contributed by atoms with van der Waals surface area (Å²) in [6.07, 6.45) is 0. The lowest BCUT2D eigenvalue weighted by molar-refractivity contribution is -0.0504. The fraction of sp³-hybridized carbons (Fsp3) is 0.364. The van der Waals surface area contributed by atoms with E-state index in [0.717, 1.165) is 0 Å². The highest BCUT2D eigenvalue weighted by Gasteiger charge is 2.19. The van der Waals surface area contributed by atoms with Crippen LogP contribution in [0, 0.1) is 0 Å². The summed E-state index contributed by atoms with van der Waals surface area (Å²) in [6, 6.07) is 2.54. The maximum Gasteiger partial charge on any atom is 0.387 e. The molecule has 0 aromatic heterocycles. The summed E-state index contributed by atoms with van der Waals surface area (Å²) >= 11 is 9.06. The Morgan fingerprint density at radius 3 is 2.67 bits per heavy atom. The van der Waals surface area contributed by atoms with E-state index in [4.69, 9.17) is 16.3 Å². The van der Waals surface area contributed by atoms with Gasteiger partial charge in [0.1, 0.15) is 11.3 Å². The SMILES string of the molecule is CCOC(=O)c1cc(Cl)c(CBr)cc1OC(F)F. The lowest BCUT2D eigenvalue weighted by Crippen LogP contribution is -2.11. The average Bonchev–Trinajstić information content (AvgIpc) is 2.30. The van der Waals surface area contributed by atoms with Gasteiger partial charge in [0.15, 0.2) is 0 Å². The van der Waals surface area contributed by atoms with Crippen LogP contribution in [0.25, 0.3) is 0 Å². The number of hydrogen-bond acceptors (Lipinski definition) is 3. The first kappa shape index (κ1) is 15.2. The average molecular weight is 344 g/mol. The molecule has 1 aromatic carbocycles. The Kier molecular flexibility index (Phi) is 5.81. The Balaban J connectivity index is 3.20. The van der Waals surface area contributed by atoms with Gasteiger partial charge in [-0.3, -0.25) is 0 Å². The minimum Gasteiger partial charge on any atom is -0.462 e. The van der Waals surface area contributed by atoms with E-state index in [1.807, 2.05) is 0 Å². The number of alkyl halides is 3. The molecule has 100 valence electrons. The van der Waals surface area contributed by atoms with E-state index in [0.29, 0.717) is 10.9 Å². The van der Waals surface area contributed by atoms with Gasteiger partial charge in [-0.05, 0) is 24.6 Å². The van der Waals surface area contributed by atoms with Gasteiger partial charge in [0, 0.05) is 10.4 Å². The molecule has 0 amide bonds. The molecule has 3 nitrogen and oxygen atoms in total. The fourth-order valence-electron chi connectivity index (χ4n) is 1.26. The predicted molar refractivity (Wildman–Crippen MR) is 66.7 cm³/mol. The zero-order chi connectivity index (χ0) is 13.7. The minimum atomic E-state index is -3.03. The summed E-state index contributed by atoms with van der Waals surface area (Å²) in [5, 5.41) is 0.630. The normalized spacial score (nSPS) is 10.6. The molecule has 0 bridgehead atoms. The summed E-state index contributed by atoms with van der Waals surface area (Å²) in [5.74, 6) is -1.00. The molecule has 0 N–H and O–H groups in total. The Bertz CT molecular complexity index is 441. The van der Waals surface area contributed by atoms with Gasteiger partial charge in [0.05, 0.1) is 6.61 Å². The first-order chi connectivity index (χ1) is 8.49. The van der Waals surface area contributed by atoms with E-state index in [-0.39, 0.29) is 22.9 Å². The van der Waals surface area contributed by atoms with Crippen molar-refractivity contribution < 1.29 is 23.0 Å². The molecule has 0 atom stereocenters. The monoisotopic (exact) mass is 342 g/mol. The second kappa shape index (κ2) is 6.89. The highest BCUT2D eigenvalue weighted by Crippen LogP contribution is 2.30. The lowest BCUT2D eigenvalue weighted by Gasteiger charge is -2.12. The molecule has 0 saturated carbocycles. The van der Waals surface area contributed by atoms with Crippen LogP contribution in [-0.4, -0.2) is 19.2 Å². The summed E-state index contributed by atoms with van der Waals surface area (Å²) in [7, 11) is 0. The van der Waals surface area contributed by atoms with Crippen molar-refractivity contribution in [2.75, 3.05) is 6.61 Å². The maximum absolute atomic E-state index is 12.3. The second-order valence-electron chi connectivity index (χ2n) is 3.17. The van der Waals surface area contributed by atoms with Crippen molar-refractivity contribution in [2.24, 2.45) is 0 Å². The topological polar surface area (TPSA) is 35.5 Å². The third-order valence-corrected chi connectivity index (χ3v) is 2.96. The zero-order valence-corrected chi connectivity index (χ0v) is 11.7. The molecule has 0 radical (unpaired) electrons. The molecule has 0 aliphatic rings. The van der Waals surface area contributed by atoms with E-state index < -0.39 is 12.6 Å². The van der Waals surface area contributed by atoms with Crippen molar-refractivity contribution in [1.29, 1.82) is 0 Å². The highest BCUT2D eigenvalue weighted by atomic mass is 79.9. The van der Waals surface area contributed by atoms with Gasteiger partial charge in [-0.25, -0.2) is 4.79 Å². The smallest absolute Gasteiger partial charge is 0.387 e. The number of carbonyl (C=O) groups excluding carboxylic acids is 1. The quantitative estimate of drug-likeness (QED) is 0.598. The van der Waals surface area contributed by atoms with E-state index in [2.05, 4.69) is 20.7 Å². The summed E-state index contributed by atoms with van der Waals surface area (Å²) in [6.45, 7) is -1.28. The molecule has 1 aromatic rings. The molecule has 0 spiro atoms. The van der Waals surface area contributed by atoms with Crippen LogP contribution in [0.5, 0.6) is 5.75 Å². The Labute approximate surface area is 116 Å². The van der Waals surface area contributed by atoms with Crippen molar-refractivity contribution in [2.45, 2.75) is 18.9 Å². The largest absolute Gasteiger partial charge is 0.462 e. The maximum atomic E-state index is 12.3. The molecule has 18 heavy (non-hydrogen) atoms. The summed E-state index contributed by atoms with van der Waals surface area (Å²) in [4.78, 5) is 11.6. The van der Waals surface area contributed by atoms with Crippen molar-refractivity contribution >= 4 is 33.5 Å². The van der Waals surface area contributed by atoms with Gasteiger partial charge < -0.3 is 9.47 Å². The first-order valence-corrected chi connectivity index (χ1v) is 6.49. The molecular weight excluding hydrogens is 333 g/mol. The third-order valence-electron chi connectivity index (χ3n) is 2.00. The lowest BCUT2D eigenvalue weighted by atomic mass is 10.1. The number of halogens is 4. The van der Waals surface area contributed by atoms with E-state index in [9.17, 15) is 13.6 Å². The molecule has 0 aliphatic carbocycles. The van der Waals surface area contributed by atoms with Crippen LogP contribution in [0.2, 0.25) is 5.02 Å². The van der Waals surface area contributed by atoms with Gasteiger partial charge in [-0.15, -0.1) is 0 Å². The second-order valence-corrected chi connectivity index (χ2v) is 4.14. The molecule has 0 heterocycles. The van der Waals surface area contributed by atoms with Crippen LogP contribution < -0.4 is 4.74 Å². The van der Waals surface area contributed by atoms with E-state index in [1.54, 1.807) is 6.92 Å². The molecule has 0 unspecified atom stereocenters. The number of rotatable bonds is 5. The van der Waals surface area contributed by atoms with Crippen LogP contribution >= 0.6 is 27.5 Å². The van der Waals surface area contributed by atoms with E-state index in [1.165, 1.54) is 12.1 Å². The van der Waals surface area contributed by atoms with Gasteiger partial charge >= 0.3 is 12.6 Å². The molecule has 1 rings (SSSR count).